The zero-order valence-corrected chi connectivity index (χ0v) is 9.08. The topological polar surface area (TPSA) is 61.8 Å². The Bertz CT molecular complexity index is 238. The van der Waals surface area contributed by atoms with E-state index in [0.29, 0.717) is 6.61 Å². The molecule has 1 saturated heterocycles. The summed E-state index contributed by atoms with van der Waals surface area (Å²) in [5.74, 6) is -0.372. The summed E-state index contributed by atoms with van der Waals surface area (Å²) in [5.41, 5.74) is -0.859. The third-order valence-electron chi connectivity index (χ3n) is 2.24. The summed E-state index contributed by atoms with van der Waals surface area (Å²) in [5, 5.41) is 0. The van der Waals surface area contributed by atoms with Gasteiger partial charge >= 0.3 is 12.1 Å². The molecule has 1 heterocycles. The Balaban J connectivity index is 2.40. The second-order valence-electron chi connectivity index (χ2n) is 3.88. The van der Waals surface area contributed by atoms with Crippen LogP contribution in [0.25, 0.3) is 0 Å². The lowest BCUT2D eigenvalue weighted by atomic mass is 9.93. The Morgan fingerprint density at radius 1 is 1.47 bits per heavy atom. The standard InChI is InChI=1S/C10H16O5/c1-3-4-5-13-8(11)10(2)6-14-9(12)15-7-10/h3-7H2,1-2H3. The van der Waals surface area contributed by atoms with Gasteiger partial charge in [-0.15, -0.1) is 0 Å². The first kappa shape index (κ1) is 11.8. The predicted molar refractivity (Wildman–Crippen MR) is 51.3 cm³/mol. The average Bonchev–Trinajstić information content (AvgIpc) is 2.23. The summed E-state index contributed by atoms with van der Waals surface area (Å²) in [6.45, 7) is 4.13. The molecule has 0 N–H and O–H groups in total. The lowest BCUT2D eigenvalue weighted by Crippen LogP contribution is -2.44. The van der Waals surface area contributed by atoms with Crippen LogP contribution in [0.5, 0.6) is 0 Å². The van der Waals surface area contributed by atoms with Gasteiger partial charge in [0.15, 0.2) is 0 Å². The van der Waals surface area contributed by atoms with Crippen molar-refractivity contribution in [3.63, 3.8) is 0 Å². The summed E-state index contributed by atoms with van der Waals surface area (Å²) in [6.07, 6.45) is 1.08. The highest BCUT2D eigenvalue weighted by atomic mass is 16.7. The fourth-order valence-electron chi connectivity index (χ4n) is 1.12. The van der Waals surface area contributed by atoms with E-state index in [1.54, 1.807) is 6.92 Å². The van der Waals surface area contributed by atoms with E-state index < -0.39 is 11.6 Å². The molecule has 86 valence electrons. The van der Waals surface area contributed by atoms with Crippen molar-refractivity contribution in [2.45, 2.75) is 26.7 Å². The number of rotatable bonds is 4. The zero-order valence-electron chi connectivity index (χ0n) is 9.08. The first-order chi connectivity index (χ1) is 7.08. The minimum Gasteiger partial charge on any atom is -0.465 e. The van der Waals surface area contributed by atoms with Crippen molar-refractivity contribution >= 4 is 12.1 Å². The fourth-order valence-corrected chi connectivity index (χ4v) is 1.12. The monoisotopic (exact) mass is 216 g/mol. The lowest BCUT2D eigenvalue weighted by molar-refractivity contribution is -0.166. The van der Waals surface area contributed by atoms with Crippen molar-refractivity contribution in [1.29, 1.82) is 0 Å². The molecule has 0 saturated carbocycles. The summed E-state index contributed by atoms with van der Waals surface area (Å²) in [4.78, 5) is 22.2. The van der Waals surface area contributed by atoms with Gasteiger partial charge in [0.05, 0.1) is 6.61 Å². The Morgan fingerprint density at radius 3 is 2.60 bits per heavy atom. The number of ether oxygens (including phenoxy) is 3. The van der Waals surface area contributed by atoms with Crippen LogP contribution in [0, 0.1) is 5.41 Å². The fraction of sp³-hybridized carbons (Fsp3) is 0.800. The minimum absolute atomic E-state index is 0.0246. The highest BCUT2D eigenvalue weighted by Gasteiger charge is 2.41. The number of carbonyl (C=O) groups is 2. The molecule has 0 atom stereocenters. The maximum Gasteiger partial charge on any atom is 0.508 e. The van der Waals surface area contributed by atoms with E-state index in [0.717, 1.165) is 12.8 Å². The van der Waals surface area contributed by atoms with Crippen LogP contribution in [0.2, 0.25) is 0 Å². The minimum atomic E-state index is -0.859. The van der Waals surface area contributed by atoms with Gasteiger partial charge in [0.2, 0.25) is 0 Å². The van der Waals surface area contributed by atoms with Crippen LogP contribution in [-0.2, 0) is 19.0 Å². The molecule has 0 aromatic carbocycles. The van der Waals surface area contributed by atoms with Gasteiger partial charge in [-0.25, -0.2) is 4.79 Å². The molecular formula is C10H16O5. The molecule has 1 fully saturated rings. The second kappa shape index (κ2) is 5.00. The molecule has 0 unspecified atom stereocenters. The maximum atomic E-state index is 11.6. The van der Waals surface area contributed by atoms with Crippen LogP contribution in [-0.4, -0.2) is 31.9 Å². The maximum absolute atomic E-state index is 11.6. The molecular weight excluding hydrogens is 200 g/mol. The Morgan fingerprint density at radius 2 is 2.07 bits per heavy atom. The Hall–Kier alpha value is -1.26. The van der Waals surface area contributed by atoms with Crippen molar-refractivity contribution in [2.75, 3.05) is 19.8 Å². The third-order valence-corrected chi connectivity index (χ3v) is 2.24. The molecule has 0 amide bonds. The third kappa shape index (κ3) is 3.11. The zero-order chi connectivity index (χ0) is 11.3. The van der Waals surface area contributed by atoms with E-state index >= 15 is 0 Å². The first-order valence-electron chi connectivity index (χ1n) is 5.05. The molecule has 0 radical (unpaired) electrons. The molecule has 0 aromatic rings. The summed E-state index contributed by atoms with van der Waals surface area (Å²) < 4.78 is 14.4. The van der Waals surface area contributed by atoms with Crippen molar-refractivity contribution in [1.82, 2.24) is 0 Å². The lowest BCUT2D eigenvalue weighted by Gasteiger charge is -2.29. The molecule has 0 aliphatic carbocycles. The van der Waals surface area contributed by atoms with Crippen LogP contribution in [0.3, 0.4) is 0 Å². The SMILES string of the molecule is CCCCOC(=O)C1(C)COC(=O)OC1. The van der Waals surface area contributed by atoms with E-state index in [9.17, 15) is 9.59 Å². The number of unbranched alkanes of at least 4 members (excludes halogenated alkanes) is 1. The Labute approximate surface area is 88.7 Å². The van der Waals surface area contributed by atoms with Crippen LogP contribution in [0.1, 0.15) is 26.7 Å². The van der Waals surface area contributed by atoms with E-state index in [1.165, 1.54) is 0 Å². The second-order valence-corrected chi connectivity index (χ2v) is 3.88. The van der Waals surface area contributed by atoms with E-state index in [2.05, 4.69) is 9.47 Å². The number of carbonyl (C=O) groups excluding carboxylic acids is 2. The van der Waals surface area contributed by atoms with E-state index in [1.807, 2.05) is 6.92 Å². The van der Waals surface area contributed by atoms with Gasteiger partial charge in [-0.3, -0.25) is 4.79 Å². The highest BCUT2D eigenvalue weighted by molar-refractivity contribution is 5.78. The number of esters is 1. The van der Waals surface area contributed by atoms with Gasteiger partial charge in [-0.05, 0) is 13.3 Å². The van der Waals surface area contributed by atoms with Crippen molar-refractivity contribution in [3.05, 3.63) is 0 Å². The van der Waals surface area contributed by atoms with Crippen LogP contribution >= 0.6 is 0 Å². The van der Waals surface area contributed by atoms with Crippen molar-refractivity contribution in [3.8, 4) is 0 Å². The molecule has 0 bridgehead atoms. The smallest absolute Gasteiger partial charge is 0.465 e. The average molecular weight is 216 g/mol. The van der Waals surface area contributed by atoms with Crippen molar-refractivity contribution < 1.29 is 23.8 Å². The van der Waals surface area contributed by atoms with Gasteiger partial charge in [-0.2, -0.15) is 0 Å². The molecule has 1 aliphatic heterocycles. The van der Waals surface area contributed by atoms with Crippen LogP contribution in [0.15, 0.2) is 0 Å². The van der Waals surface area contributed by atoms with E-state index in [4.69, 9.17) is 4.74 Å². The quantitative estimate of drug-likeness (QED) is 0.526. The highest BCUT2D eigenvalue weighted by Crippen LogP contribution is 2.24. The van der Waals surface area contributed by atoms with Gasteiger partial charge < -0.3 is 14.2 Å². The van der Waals surface area contributed by atoms with Crippen LogP contribution in [0.4, 0.5) is 4.79 Å². The molecule has 5 nitrogen and oxygen atoms in total. The Kier molecular flexibility index (Phi) is 3.94. The summed E-state index contributed by atoms with van der Waals surface area (Å²) in [7, 11) is 0. The van der Waals surface area contributed by atoms with Gasteiger partial charge in [0.1, 0.15) is 18.6 Å². The van der Waals surface area contributed by atoms with E-state index in [-0.39, 0.29) is 19.2 Å². The van der Waals surface area contributed by atoms with Crippen molar-refractivity contribution in [2.24, 2.45) is 5.41 Å². The molecule has 0 aromatic heterocycles. The molecule has 1 rings (SSSR count). The summed E-state index contributed by atoms with van der Waals surface area (Å²) in [6, 6.07) is 0. The molecule has 5 heteroatoms. The molecule has 15 heavy (non-hydrogen) atoms. The number of cyclic esters (lactones) is 2. The predicted octanol–water partition coefficient (Wildman–Crippen LogP) is 1.50. The summed E-state index contributed by atoms with van der Waals surface area (Å²) >= 11 is 0. The largest absolute Gasteiger partial charge is 0.508 e. The number of hydrogen-bond acceptors (Lipinski definition) is 5. The van der Waals surface area contributed by atoms with Gasteiger partial charge in [0, 0.05) is 0 Å². The van der Waals surface area contributed by atoms with Gasteiger partial charge in [-0.1, -0.05) is 13.3 Å². The normalized spacial score (nSPS) is 18.9. The molecule has 0 spiro atoms. The molecule has 1 aliphatic rings. The van der Waals surface area contributed by atoms with Crippen LogP contribution < -0.4 is 0 Å². The van der Waals surface area contributed by atoms with Gasteiger partial charge in [0.25, 0.3) is 0 Å². The first-order valence-corrected chi connectivity index (χ1v) is 5.05. The number of hydrogen-bond donors (Lipinski definition) is 0.